The molecule has 0 saturated carbocycles. The monoisotopic (exact) mass is 333 g/mol. The van der Waals surface area contributed by atoms with E-state index in [0.717, 1.165) is 4.31 Å². The summed E-state index contributed by atoms with van der Waals surface area (Å²) in [7, 11) is -0.654. The van der Waals surface area contributed by atoms with Gasteiger partial charge in [-0.2, -0.15) is 0 Å². The van der Waals surface area contributed by atoms with E-state index in [-0.39, 0.29) is 10.7 Å². The number of rotatable bonds is 5. The topological polar surface area (TPSA) is 54.5 Å². The van der Waals surface area contributed by atoms with Gasteiger partial charge in [-0.05, 0) is 42.5 Å². The van der Waals surface area contributed by atoms with Crippen LogP contribution in [0.1, 0.15) is 15.9 Å². The van der Waals surface area contributed by atoms with Crippen molar-refractivity contribution in [2.75, 3.05) is 14.1 Å². The molecule has 4 nitrogen and oxygen atoms in total. The Kier molecular flexibility index (Phi) is 5.08. The molecule has 0 aliphatic rings. The molecule has 0 bridgehead atoms. The average molecular weight is 333 g/mol. The molecule has 0 aliphatic heterocycles. The SMILES string of the molecule is CN(C)S(=O)(=O)c1ccc(C(=O)/C=C/c2ccccc2F)cc1. The number of hydrogen-bond donors (Lipinski definition) is 0. The van der Waals surface area contributed by atoms with Crippen LogP contribution in [0.2, 0.25) is 0 Å². The first-order valence-corrected chi connectivity index (χ1v) is 8.26. The molecule has 120 valence electrons. The summed E-state index contributed by atoms with van der Waals surface area (Å²) in [5.41, 5.74) is 0.642. The lowest BCUT2D eigenvalue weighted by Crippen LogP contribution is -2.22. The third kappa shape index (κ3) is 3.91. The summed E-state index contributed by atoms with van der Waals surface area (Å²) in [6.07, 6.45) is 2.65. The Labute approximate surface area is 134 Å². The molecule has 2 rings (SSSR count). The van der Waals surface area contributed by atoms with Crippen molar-refractivity contribution >= 4 is 21.9 Å². The minimum atomic E-state index is -3.53. The van der Waals surface area contributed by atoms with Crippen molar-refractivity contribution in [3.05, 3.63) is 71.6 Å². The highest BCUT2D eigenvalue weighted by atomic mass is 32.2. The van der Waals surface area contributed by atoms with Crippen molar-refractivity contribution in [1.29, 1.82) is 0 Å². The summed E-state index contributed by atoms with van der Waals surface area (Å²) in [5.74, 6) is -0.744. The third-order valence-corrected chi connectivity index (χ3v) is 5.07. The molecule has 23 heavy (non-hydrogen) atoms. The van der Waals surface area contributed by atoms with E-state index in [9.17, 15) is 17.6 Å². The van der Waals surface area contributed by atoms with Crippen molar-refractivity contribution in [2.24, 2.45) is 0 Å². The summed E-state index contributed by atoms with van der Waals surface area (Å²) in [6, 6.07) is 11.7. The van der Waals surface area contributed by atoms with E-state index >= 15 is 0 Å². The number of nitrogens with zero attached hydrogens (tertiary/aromatic N) is 1. The molecule has 2 aromatic carbocycles. The molecule has 0 atom stereocenters. The smallest absolute Gasteiger partial charge is 0.242 e. The van der Waals surface area contributed by atoms with Gasteiger partial charge in [-0.25, -0.2) is 17.1 Å². The molecular formula is C17H16FNO3S. The van der Waals surface area contributed by atoms with Crippen LogP contribution in [0.5, 0.6) is 0 Å². The van der Waals surface area contributed by atoms with Gasteiger partial charge in [0.2, 0.25) is 10.0 Å². The minimum Gasteiger partial charge on any atom is -0.289 e. The van der Waals surface area contributed by atoms with Crippen LogP contribution in [0, 0.1) is 5.82 Å². The first-order valence-electron chi connectivity index (χ1n) is 6.82. The van der Waals surface area contributed by atoms with Crippen molar-refractivity contribution in [1.82, 2.24) is 4.31 Å². The van der Waals surface area contributed by atoms with E-state index in [2.05, 4.69) is 0 Å². The molecule has 0 unspecified atom stereocenters. The van der Waals surface area contributed by atoms with Crippen molar-refractivity contribution < 1.29 is 17.6 Å². The standard InChI is InChI=1S/C17H16FNO3S/c1-19(2)23(21,22)15-10-7-14(8-11-15)17(20)12-9-13-5-3-4-6-16(13)18/h3-12H,1-2H3/b12-9+. The summed E-state index contributed by atoms with van der Waals surface area (Å²) in [5, 5.41) is 0. The lowest BCUT2D eigenvalue weighted by molar-refractivity contribution is 0.104. The highest BCUT2D eigenvalue weighted by Crippen LogP contribution is 2.15. The first kappa shape index (κ1) is 17.1. The van der Waals surface area contributed by atoms with Crippen LogP contribution in [0.25, 0.3) is 6.08 Å². The Bertz CT molecular complexity index is 840. The van der Waals surface area contributed by atoms with Crippen LogP contribution in [0.3, 0.4) is 0 Å². The fraction of sp³-hybridized carbons (Fsp3) is 0.118. The van der Waals surface area contributed by atoms with Crippen LogP contribution in [-0.2, 0) is 10.0 Å². The highest BCUT2D eigenvalue weighted by molar-refractivity contribution is 7.89. The molecule has 6 heteroatoms. The van der Waals surface area contributed by atoms with Crippen molar-refractivity contribution in [3.63, 3.8) is 0 Å². The van der Waals surface area contributed by atoms with E-state index in [0.29, 0.717) is 11.1 Å². The zero-order chi connectivity index (χ0) is 17.0. The van der Waals surface area contributed by atoms with E-state index in [1.807, 2.05) is 0 Å². The summed E-state index contributed by atoms with van der Waals surface area (Å²) in [6.45, 7) is 0. The van der Waals surface area contributed by atoms with Crippen LogP contribution in [0.4, 0.5) is 4.39 Å². The van der Waals surface area contributed by atoms with Gasteiger partial charge in [0.15, 0.2) is 5.78 Å². The molecule has 0 amide bonds. The summed E-state index contributed by atoms with van der Waals surface area (Å²) < 4.78 is 38.5. The average Bonchev–Trinajstić information content (AvgIpc) is 2.53. The molecule has 0 aromatic heterocycles. The minimum absolute atomic E-state index is 0.108. The van der Waals surface area contributed by atoms with Gasteiger partial charge < -0.3 is 0 Å². The second-order valence-electron chi connectivity index (χ2n) is 5.03. The molecule has 0 heterocycles. The predicted octanol–water partition coefficient (Wildman–Crippen LogP) is 2.97. The van der Waals surface area contributed by atoms with Gasteiger partial charge in [0.1, 0.15) is 5.82 Å². The molecular weight excluding hydrogens is 317 g/mol. The van der Waals surface area contributed by atoms with Gasteiger partial charge in [-0.3, -0.25) is 4.79 Å². The van der Waals surface area contributed by atoms with Crippen LogP contribution in [-0.4, -0.2) is 32.6 Å². The number of hydrogen-bond acceptors (Lipinski definition) is 3. The maximum Gasteiger partial charge on any atom is 0.242 e. The largest absolute Gasteiger partial charge is 0.289 e. The molecule has 0 spiro atoms. The predicted molar refractivity (Wildman–Crippen MR) is 87.1 cm³/mol. The lowest BCUT2D eigenvalue weighted by Gasteiger charge is -2.11. The second-order valence-corrected chi connectivity index (χ2v) is 7.18. The van der Waals surface area contributed by atoms with Crippen LogP contribution < -0.4 is 0 Å². The van der Waals surface area contributed by atoms with Gasteiger partial charge in [-0.15, -0.1) is 0 Å². The summed E-state index contributed by atoms with van der Waals surface area (Å²) in [4.78, 5) is 12.2. The number of sulfonamides is 1. The third-order valence-electron chi connectivity index (χ3n) is 3.24. The maximum absolute atomic E-state index is 13.5. The van der Waals surface area contributed by atoms with Gasteiger partial charge in [-0.1, -0.05) is 18.2 Å². The number of carbonyl (C=O) groups is 1. The Hall–Kier alpha value is -2.31. The molecule has 0 saturated heterocycles. The summed E-state index contributed by atoms with van der Waals surface area (Å²) >= 11 is 0. The van der Waals surface area contributed by atoms with Gasteiger partial charge >= 0.3 is 0 Å². The zero-order valence-corrected chi connectivity index (χ0v) is 13.5. The van der Waals surface area contributed by atoms with Crippen molar-refractivity contribution in [2.45, 2.75) is 4.90 Å². The molecule has 2 aromatic rings. The fourth-order valence-corrected chi connectivity index (χ4v) is 2.78. The van der Waals surface area contributed by atoms with Gasteiger partial charge in [0.05, 0.1) is 4.90 Å². The Morgan fingerprint density at radius 2 is 1.65 bits per heavy atom. The fourth-order valence-electron chi connectivity index (χ4n) is 1.87. The van der Waals surface area contributed by atoms with Crippen LogP contribution >= 0.6 is 0 Å². The van der Waals surface area contributed by atoms with E-state index in [1.54, 1.807) is 18.2 Å². The van der Waals surface area contributed by atoms with Gasteiger partial charge in [0.25, 0.3) is 0 Å². The first-order chi connectivity index (χ1) is 10.8. The Morgan fingerprint density at radius 1 is 1.04 bits per heavy atom. The Morgan fingerprint density at radius 3 is 2.22 bits per heavy atom. The second kappa shape index (κ2) is 6.85. The van der Waals surface area contributed by atoms with Gasteiger partial charge in [0, 0.05) is 25.2 Å². The maximum atomic E-state index is 13.5. The van der Waals surface area contributed by atoms with Crippen LogP contribution in [0.15, 0.2) is 59.5 Å². The quantitative estimate of drug-likeness (QED) is 0.624. The molecule has 0 fully saturated rings. The number of halogens is 1. The lowest BCUT2D eigenvalue weighted by atomic mass is 10.1. The molecule has 0 N–H and O–H groups in total. The molecule has 0 radical (unpaired) electrons. The highest BCUT2D eigenvalue weighted by Gasteiger charge is 2.17. The molecule has 0 aliphatic carbocycles. The zero-order valence-electron chi connectivity index (χ0n) is 12.7. The number of carbonyl (C=O) groups excluding carboxylic acids is 1. The Balaban J connectivity index is 2.20. The van der Waals surface area contributed by atoms with E-state index in [1.165, 1.54) is 56.6 Å². The van der Waals surface area contributed by atoms with E-state index in [4.69, 9.17) is 0 Å². The normalized spacial score (nSPS) is 12.0. The van der Waals surface area contributed by atoms with E-state index < -0.39 is 15.8 Å². The number of ketones is 1. The number of benzene rings is 2. The number of allylic oxidation sites excluding steroid dienone is 1. The van der Waals surface area contributed by atoms with Crippen molar-refractivity contribution in [3.8, 4) is 0 Å².